The maximum Gasteiger partial charge on any atom is 0.256 e. The van der Waals surface area contributed by atoms with Crippen molar-refractivity contribution in [2.24, 2.45) is 5.92 Å². The first-order valence-electron chi connectivity index (χ1n) is 8.23. The normalized spacial score (nSPS) is 16.0. The molecule has 0 spiro atoms. The Labute approximate surface area is 144 Å². The Morgan fingerprint density at radius 3 is 2.54 bits per heavy atom. The first-order chi connectivity index (χ1) is 11.0. The zero-order chi connectivity index (χ0) is 18.1. The van der Waals surface area contributed by atoms with Crippen molar-refractivity contribution >= 4 is 20.5 Å². The van der Waals surface area contributed by atoms with Gasteiger partial charge in [-0.25, -0.2) is 4.39 Å². The number of halogens is 1. The van der Waals surface area contributed by atoms with E-state index in [1.54, 1.807) is 4.90 Å². The van der Waals surface area contributed by atoms with Crippen LogP contribution in [0.4, 0.5) is 4.39 Å². The Hall–Kier alpha value is -1.53. The number of carbonyl (C=O) groups is 2. The van der Waals surface area contributed by atoms with Crippen molar-refractivity contribution in [1.29, 1.82) is 0 Å². The number of carbonyl (C=O) groups excluding carboxylic acids is 2. The number of hydrogen-bond acceptors (Lipinski definition) is 3. The monoisotopic (exact) mass is 351 g/mol. The lowest BCUT2D eigenvalue weighted by Gasteiger charge is -2.43. The van der Waals surface area contributed by atoms with E-state index in [9.17, 15) is 14.0 Å². The Bertz CT molecular complexity index is 634. The summed E-state index contributed by atoms with van der Waals surface area (Å²) in [6, 6.07) is 3.84. The Morgan fingerprint density at radius 1 is 1.38 bits per heavy atom. The van der Waals surface area contributed by atoms with Crippen LogP contribution in [-0.4, -0.2) is 45.1 Å². The van der Waals surface area contributed by atoms with Crippen LogP contribution < -0.4 is 0 Å². The van der Waals surface area contributed by atoms with Crippen LogP contribution in [0.15, 0.2) is 18.2 Å². The van der Waals surface area contributed by atoms with Crippen LogP contribution in [0.5, 0.6) is 0 Å². The molecule has 1 fully saturated rings. The Balaban J connectivity index is 1.91. The van der Waals surface area contributed by atoms with Crippen LogP contribution in [0.1, 0.15) is 41.5 Å². The number of amides is 1. The average molecular weight is 351 g/mol. The maximum absolute atomic E-state index is 13.8. The van der Waals surface area contributed by atoms with Crippen molar-refractivity contribution in [2.45, 2.75) is 38.9 Å². The molecule has 1 heterocycles. The van der Waals surface area contributed by atoms with E-state index in [0.29, 0.717) is 37.5 Å². The van der Waals surface area contributed by atoms with Crippen molar-refractivity contribution in [3.8, 4) is 0 Å². The van der Waals surface area contributed by atoms with Gasteiger partial charge in [0.15, 0.2) is 8.32 Å². The molecule has 1 aromatic rings. The largest absolute Gasteiger partial charge is 0.416 e. The molecule has 0 radical (unpaired) electrons. The molecule has 0 saturated carbocycles. The summed E-state index contributed by atoms with van der Waals surface area (Å²) < 4.78 is 20.0. The second kappa shape index (κ2) is 6.76. The maximum atomic E-state index is 13.8. The summed E-state index contributed by atoms with van der Waals surface area (Å²) in [5.41, 5.74) is 0.265. The van der Waals surface area contributed by atoms with Crippen LogP contribution in [-0.2, 0) is 4.43 Å². The molecule has 1 saturated heterocycles. The third-order valence-electron chi connectivity index (χ3n) is 5.09. The molecule has 0 unspecified atom stereocenters. The predicted octanol–water partition coefficient (Wildman–Crippen LogP) is 3.73. The minimum absolute atomic E-state index is 0.0386. The lowest BCUT2D eigenvalue weighted by Crippen LogP contribution is -2.53. The third-order valence-corrected chi connectivity index (χ3v) is 9.59. The average Bonchev–Trinajstić information content (AvgIpc) is 2.44. The van der Waals surface area contributed by atoms with Gasteiger partial charge in [-0.1, -0.05) is 20.8 Å². The van der Waals surface area contributed by atoms with Gasteiger partial charge in [0, 0.05) is 31.2 Å². The molecule has 0 N–H and O–H groups in total. The van der Waals surface area contributed by atoms with E-state index in [4.69, 9.17) is 4.43 Å². The minimum atomic E-state index is -1.79. The number of rotatable bonds is 5. The van der Waals surface area contributed by atoms with Gasteiger partial charge in [0.1, 0.15) is 12.1 Å². The molecule has 0 aromatic heterocycles. The summed E-state index contributed by atoms with van der Waals surface area (Å²) in [4.78, 5) is 24.8. The highest BCUT2D eigenvalue weighted by Crippen LogP contribution is 2.37. The smallest absolute Gasteiger partial charge is 0.256 e. The highest BCUT2D eigenvalue weighted by Gasteiger charge is 2.39. The van der Waals surface area contributed by atoms with Gasteiger partial charge in [-0.2, -0.15) is 0 Å². The van der Waals surface area contributed by atoms with Gasteiger partial charge in [-0.15, -0.1) is 0 Å². The summed E-state index contributed by atoms with van der Waals surface area (Å²) in [5.74, 6) is -0.660. The van der Waals surface area contributed by atoms with Gasteiger partial charge in [0.25, 0.3) is 5.91 Å². The lowest BCUT2D eigenvalue weighted by molar-refractivity contribution is 0.0373. The molecule has 1 aliphatic heterocycles. The highest BCUT2D eigenvalue weighted by molar-refractivity contribution is 6.74. The fraction of sp³-hybridized carbons (Fsp3) is 0.556. The molecule has 1 aromatic carbocycles. The van der Waals surface area contributed by atoms with Crippen molar-refractivity contribution in [3.05, 3.63) is 35.1 Å². The quantitative estimate of drug-likeness (QED) is 0.600. The molecule has 132 valence electrons. The van der Waals surface area contributed by atoms with Crippen molar-refractivity contribution in [1.82, 2.24) is 4.90 Å². The van der Waals surface area contributed by atoms with E-state index in [2.05, 4.69) is 33.9 Å². The van der Waals surface area contributed by atoms with E-state index in [1.807, 2.05) is 0 Å². The van der Waals surface area contributed by atoms with Gasteiger partial charge in [-0.05, 0) is 36.3 Å². The molecule has 0 atom stereocenters. The predicted molar refractivity (Wildman–Crippen MR) is 94.3 cm³/mol. The van der Waals surface area contributed by atoms with Crippen LogP contribution in [0.2, 0.25) is 18.1 Å². The molecule has 4 nitrogen and oxygen atoms in total. The molecular formula is C18H26FNO3Si. The summed E-state index contributed by atoms with van der Waals surface area (Å²) in [6.45, 7) is 12.8. The second-order valence-electron chi connectivity index (χ2n) is 8.00. The fourth-order valence-electron chi connectivity index (χ4n) is 2.33. The molecule has 1 amide bonds. The number of benzene rings is 1. The Kier molecular flexibility index (Phi) is 5.30. The van der Waals surface area contributed by atoms with E-state index in [0.717, 1.165) is 6.07 Å². The SMILES string of the molecule is CC(C)(C)[Si](C)(C)OCC1CN(C(=O)c2cc(C=O)ccc2F)C1. The van der Waals surface area contributed by atoms with Crippen LogP contribution in [0.3, 0.4) is 0 Å². The van der Waals surface area contributed by atoms with Crippen LogP contribution in [0.25, 0.3) is 0 Å². The topological polar surface area (TPSA) is 46.6 Å². The van der Waals surface area contributed by atoms with Crippen molar-refractivity contribution in [2.75, 3.05) is 19.7 Å². The third kappa shape index (κ3) is 3.92. The molecule has 2 rings (SSSR count). The van der Waals surface area contributed by atoms with E-state index in [-0.39, 0.29) is 16.5 Å². The number of likely N-dealkylation sites (tertiary alicyclic amines) is 1. The van der Waals surface area contributed by atoms with Crippen LogP contribution >= 0.6 is 0 Å². The lowest BCUT2D eigenvalue weighted by atomic mass is 9.99. The second-order valence-corrected chi connectivity index (χ2v) is 12.8. The standard InChI is InChI=1S/C18H26FNO3Si/c1-18(2,3)24(4,5)23-12-14-9-20(10-14)17(22)15-8-13(11-21)6-7-16(15)19/h6-8,11,14H,9-10,12H2,1-5H3. The van der Waals surface area contributed by atoms with Gasteiger partial charge in [-0.3, -0.25) is 9.59 Å². The van der Waals surface area contributed by atoms with E-state index >= 15 is 0 Å². The summed E-state index contributed by atoms with van der Waals surface area (Å²) >= 11 is 0. The Morgan fingerprint density at radius 2 is 2.00 bits per heavy atom. The summed E-state index contributed by atoms with van der Waals surface area (Å²) in [5, 5.41) is 0.157. The zero-order valence-corrected chi connectivity index (χ0v) is 16.1. The van der Waals surface area contributed by atoms with Gasteiger partial charge in [0.05, 0.1) is 5.56 Å². The molecular weight excluding hydrogens is 325 g/mol. The molecule has 1 aliphatic rings. The minimum Gasteiger partial charge on any atom is -0.416 e. The number of nitrogens with zero attached hydrogens (tertiary/aromatic N) is 1. The van der Waals surface area contributed by atoms with Gasteiger partial charge >= 0.3 is 0 Å². The first kappa shape index (κ1) is 18.8. The molecule has 24 heavy (non-hydrogen) atoms. The van der Waals surface area contributed by atoms with Crippen LogP contribution in [0, 0.1) is 11.7 Å². The zero-order valence-electron chi connectivity index (χ0n) is 15.1. The summed E-state index contributed by atoms with van der Waals surface area (Å²) in [6.07, 6.45) is 0.613. The number of aldehydes is 1. The first-order valence-corrected chi connectivity index (χ1v) is 11.1. The molecule has 6 heteroatoms. The van der Waals surface area contributed by atoms with E-state index in [1.165, 1.54) is 12.1 Å². The number of hydrogen-bond donors (Lipinski definition) is 0. The molecule has 0 bridgehead atoms. The summed E-state index contributed by atoms with van der Waals surface area (Å²) in [7, 11) is -1.79. The van der Waals surface area contributed by atoms with Gasteiger partial charge < -0.3 is 9.33 Å². The van der Waals surface area contributed by atoms with Gasteiger partial charge in [0.2, 0.25) is 0 Å². The van der Waals surface area contributed by atoms with E-state index < -0.39 is 14.1 Å². The molecule has 0 aliphatic carbocycles. The fourth-order valence-corrected chi connectivity index (χ4v) is 3.42. The van der Waals surface area contributed by atoms with Crippen molar-refractivity contribution in [3.63, 3.8) is 0 Å². The highest BCUT2D eigenvalue weighted by atomic mass is 28.4. The van der Waals surface area contributed by atoms with Crippen molar-refractivity contribution < 1.29 is 18.4 Å².